The molecule has 0 radical (unpaired) electrons. The Bertz CT molecular complexity index is 1060. The molecule has 1 aromatic heterocycles. The number of hydrogen-bond acceptors (Lipinski definition) is 5. The molecule has 144 valence electrons. The minimum atomic E-state index is -0.458. The summed E-state index contributed by atoms with van der Waals surface area (Å²) in [7, 11) is 1.32. The van der Waals surface area contributed by atoms with Crippen LogP contribution in [-0.4, -0.2) is 24.1 Å². The van der Waals surface area contributed by atoms with E-state index in [1.807, 2.05) is 30.3 Å². The zero-order valence-electron chi connectivity index (χ0n) is 15.0. The van der Waals surface area contributed by atoms with Crippen LogP contribution < -0.4 is 16.0 Å². The Hall–Kier alpha value is -2.68. The van der Waals surface area contributed by atoms with Gasteiger partial charge in [0.1, 0.15) is 4.88 Å². The van der Waals surface area contributed by atoms with Gasteiger partial charge in [0, 0.05) is 34.1 Å². The molecule has 0 unspecified atom stereocenters. The second kappa shape index (κ2) is 8.55. The third kappa shape index (κ3) is 4.59. The molecule has 9 heteroatoms. The number of nitrogens with one attached hydrogen (secondary N) is 3. The molecule has 0 saturated heterocycles. The lowest BCUT2D eigenvalue weighted by atomic mass is 10.2. The monoisotopic (exact) mass is 433 g/mol. The summed E-state index contributed by atoms with van der Waals surface area (Å²) in [4.78, 5) is 23.2. The van der Waals surface area contributed by atoms with E-state index in [4.69, 9.17) is 28.6 Å². The largest absolute Gasteiger partial charge is 0.465 e. The predicted molar refractivity (Wildman–Crippen MR) is 119 cm³/mol. The van der Waals surface area contributed by atoms with Crippen molar-refractivity contribution >= 4 is 79.3 Å². The fourth-order valence-electron chi connectivity index (χ4n) is 2.50. The van der Waals surface area contributed by atoms with E-state index in [1.165, 1.54) is 25.4 Å². The van der Waals surface area contributed by atoms with Crippen molar-refractivity contribution in [2.45, 2.75) is 6.92 Å². The molecule has 3 N–H and O–H groups in total. The Morgan fingerprint density at radius 3 is 2.18 bits per heavy atom. The van der Waals surface area contributed by atoms with Gasteiger partial charge in [-0.15, -0.1) is 11.3 Å². The quantitative estimate of drug-likeness (QED) is 0.392. The van der Waals surface area contributed by atoms with E-state index in [9.17, 15) is 9.59 Å². The Morgan fingerprint density at radius 1 is 1.00 bits per heavy atom. The van der Waals surface area contributed by atoms with Crippen LogP contribution in [0, 0.1) is 0 Å². The Kier molecular flexibility index (Phi) is 6.13. The molecule has 0 saturated carbocycles. The first-order chi connectivity index (χ1) is 13.4. The summed E-state index contributed by atoms with van der Waals surface area (Å²) in [5.74, 6) is -0.585. The van der Waals surface area contributed by atoms with E-state index in [0.717, 1.165) is 21.5 Å². The second-order valence-electron chi connectivity index (χ2n) is 5.79. The third-order valence-electron chi connectivity index (χ3n) is 3.72. The highest BCUT2D eigenvalue weighted by Crippen LogP contribution is 2.37. The molecule has 0 spiro atoms. The summed E-state index contributed by atoms with van der Waals surface area (Å²) in [6.07, 6.45) is 0. The van der Waals surface area contributed by atoms with Crippen LogP contribution in [0.4, 0.5) is 17.1 Å². The number of ether oxygens (including phenoxy) is 1. The molecule has 0 aliphatic rings. The van der Waals surface area contributed by atoms with Crippen LogP contribution in [-0.2, 0) is 9.53 Å². The topological polar surface area (TPSA) is 79.5 Å². The number of rotatable bonds is 4. The van der Waals surface area contributed by atoms with Crippen molar-refractivity contribution in [3.8, 4) is 0 Å². The van der Waals surface area contributed by atoms with Crippen molar-refractivity contribution in [2.24, 2.45) is 0 Å². The van der Waals surface area contributed by atoms with Gasteiger partial charge in [0.25, 0.3) is 0 Å². The number of carbonyl (C=O) groups is 2. The molecular weight excluding hydrogens is 418 g/mol. The fraction of sp³-hybridized carbons (Fsp3) is 0.105. The van der Waals surface area contributed by atoms with E-state index in [2.05, 4.69) is 16.0 Å². The smallest absolute Gasteiger partial charge is 0.349 e. The summed E-state index contributed by atoms with van der Waals surface area (Å²) < 4.78 is 5.60. The number of anilines is 3. The van der Waals surface area contributed by atoms with Gasteiger partial charge in [0.15, 0.2) is 5.11 Å². The van der Waals surface area contributed by atoms with E-state index in [1.54, 1.807) is 12.1 Å². The van der Waals surface area contributed by atoms with E-state index < -0.39 is 5.97 Å². The van der Waals surface area contributed by atoms with Gasteiger partial charge in [0.2, 0.25) is 5.91 Å². The third-order valence-corrected chi connectivity index (χ3v) is 5.56. The SMILES string of the molecule is COC(=O)c1sc2cc(NC(=S)Nc3ccc(NC(C)=O)cc3)ccc2c1Cl. The van der Waals surface area contributed by atoms with Crippen LogP contribution in [0.5, 0.6) is 0 Å². The van der Waals surface area contributed by atoms with Gasteiger partial charge in [-0.3, -0.25) is 4.79 Å². The molecule has 0 atom stereocenters. The molecular formula is C19H16ClN3O3S2. The molecule has 0 bridgehead atoms. The van der Waals surface area contributed by atoms with Crippen LogP contribution in [0.1, 0.15) is 16.6 Å². The molecule has 0 aliphatic heterocycles. The van der Waals surface area contributed by atoms with Gasteiger partial charge >= 0.3 is 5.97 Å². The summed E-state index contributed by atoms with van der Waals surface area (Å²) in [5, 5.41) is 10.5. The average molecular weight is 434 g/mol. The molecule has 0 fully saturated rings. The van der Waals surface area contributed by atoms with Crippen molar-refractivity contribution in [3.05, 3.63) is 52.4 Å². The molecule has 6 nitrogen and oxygen atoms in total. The average Bonchev–Trinajstić information content (AvgIpc) is 2.98. The van der Waals surface area contributed by atoms with E-state index >= 15 is 0 Å². The summed E-state index contributed by atoms with van der Waals surface area (Å²) in [6, 6.07) is 12.7. The Labute approximate surface area is 175 Å². The molecule has 28 heavy (non-hydrogen) atoms. The van der Waals surface area contributed by atoms with Crippen molar-refractivity contribution in [3.63, 3.8) is 0 Å². The fourth-order valence-corrected chi connectivity index (χ4v) is 4.20. The van der Waals surface area contributed by atoms with Crippen LogP contribution in [0.15, 0.2) is 42.5 Å². The summed E-state index contributed by atoms with van der Waals surface area (Å²) >= 11 is 12.9. The molecule has 0 aliphatic carbocycles. The van der Waals surface area contributed by atoms with Gasteiger partial charge in [-0.05, 0) is 54.7 Å². The van der Waals surface area contributed by atoms with Crippen molar-refractivity contribution in [1.82, 2.24) is 0 Å². The van der Waals surface area contributed by atoms with Gasteiger partial charge in [-0.25, -0.2) is 4.79 Å². The van der Waals surface area contributed by atoms with Gasteiger partial charge in [-0.1, -0.05) is 11.6 Å². The lowest BCUT2D eigenvalue weighted by Crippen LogP contribution is -2.19. The first kappa shape index (κ1) is 20.1. The maximum atomic E-state index is 11.8. The minimum absolute atomic E-state index is 0.127. The number of fused-ring (bicyclic) bond motifs is 1. The summed E-state index contributed by atoms with van der Waals surface area (Å²) in [5.41, 5.74) is 2.24. The number of carbonyl (C=O) groups excluding carboxylic acids is 2. The molecule has 1 amide bonds. The van der Waals surface area contributed by atoms with Crippen LogP contribution in [0.3, 0.4) is 0 Å². The van der Waals surface area contributed by atoms with E-state index in [0.29, 0.717) is 20.7 Å². The number of esters is 1. The van der Waals surface area contributed by atoms with Crippen LogP contribution in [0.2, 0.25) is 5.02 Å². The summed E-state index contributed by atoms with van der Waals surface area (Å²) in [6.45, 7) is 1.46. The van der Waals surface area contributed by atoms with Crippen molar-refractivity contribution < 1.29 is 14.3 Å². The maximum absolute atomic E-state index is 11.8. The standard InChI is InChI=1S/C19H16ClN3O3S2/c1-10(24)21-11-3-5-12(6-4-11)22-19(27)23-13-7-8-14-15(9-13)28-17(16(14)20)18(25)26-2/h3-9H,1-2H3,(H,21,24)(H2,22,23,27). The maximum Gasteiger partial charge on any atom is 0.349 e. The number of benzene rings is 2. The molecule has 3 rings (SSSR count). The first-order valence-corrected chi connectivity index (χ1v) is 9.73. The number of halogens is 1. The molecule has 1 heterocycles. The minimum Gasteiger partial charge on any atom is -0.465 e. The van der Waals surface area contributed by atoms with Crippen molar-refractivity contribution in [2.75, 3.05) is 23.1 Å². The van der Waals surface area contributed by atoms with Gasteiger partial charge in [0.05, 0.1) is 12.1 Å². The number of hydrogen-bond donors (Lipinski definition) is 3. The lowest BCUT2D eigenvalue weighted by Gasteiger charge is -2.11. The number of amides is 1. The van der Waals surface area contributed by atoms with Gasteiger partial charge in [-0.2, -0.15) is 0 Å². The highest BCUT2D eigenvalue weighted by molar-refractivity contribution is 7.80. The van der Waals surface area contributed by atoms with Crippen molar-refractivity contribution in [1.29, 1.82) is 0 Å². The Balaban J connectivity index is 1.70. The molecule has 2 aromatic carbocycles. The lowest BCUT2D eigenvalue weighted by molar-refractivity contribution is -0.114. The Morgan fingerprint density at radius 2 is 1.57 bits per heavy atom. The second-order valence-corrected chi connectivity index (χ2v) is 7.62. The van der Waals surface area contributed by atoms with Crippen LogP contribution in [0.25, 0.3) is 10.1 Å². The van der Waals surface area contributed by atoms with E-state index in [-0.39, 0.29) is 5.91 Å². The van der Waals surface area contributed by atoms with Crippen LogP contribution >= 0.6 is 35.2 Å². The zero-order chi connectivity index (χ0) is 20.3. The van der Waals surface area contributed by atoms with Gasteiger partial charge < -0.3 is 20.7 Å². The molecule has 3 aromatic rings. The number of thiophene rings is 1. The predicted octanol–water partition coefficient (Wildman–Crippen LogP) is 5.11. The highest BCUT2D eigenvalue weighted by atomic mass is 35.5. The highest BCUT2D eigenvalue weighted by Gasteiger charge is 2.17. The normalized spacial score (nSPS) is 10.4. The first-order valence-electron chi connectivity index (χ1n) is 8.13. The number of thiocarbonyl (C=S) groups is 1. The zero-order valence-corrected chi connectivity index (χ0v) is 17.3. The number of methoxy groups -OCH3 is 1.